The van der Waals surface area contributed by atoms with Gasteiger partial charge in [0, 0.05) is 6.04 Å². The van der Waals surface area contributed by atoms with Gasteiger partial charge in [-0.3, -0.25) is 9.59 Å². The summed E-state index contributed by atoms with van der Waals surface area (Å²) in [5, 5.41) is 8.88. The summed E-state index contributed by atoms with van der Waals surface area (Å²) in [6.45, 7) is 3.78. The summed E-state index contributed by atoms with van der Waals surface area (Å²) in [5.41, 5.74) is 3.18. The van der Waals surface area contributed by atoms with E-state index in [0.29, 0.717) is 0 Å². The van der Waals surface area contributed by atoms with Gasteiger partial charge in [0.05, 0.1) is 6.42 Å². The van der Waals surface area contributed by atoms with Crippen LogP contribution in [-0.2, 0) is 16.0 Å². The Hall–Kier alpha value is -1.84. The summed E-state index contributed by atoms with van der Waals surface area (Å²) in [6, 6.07) is 6.14. The summed E-state index contributed by atoms with van der Waals surface area (Å²) in [4.78, 5) is 24.6. The third kappa shape index (κ3) is 3.56. The monoisotopic (exact) mass is 261 g/mol. The number of benzene rings is 1. The molecule has 4 heteroatoms. The maximum Gasteiger partial charge on any atom is 0.323 e. The number of hydrogen-bond acceptors (Lipinski definition) is 2. The first-order chi connectivity index (χ1) is 8.97. The number of aryl methyl sites for hydroxylation is 2. The fourth-order valence-electron chi connectivity index (χ4n) is 2.21. The molecule has 1 amide bonds. The largest absolute Gasteiger partial charge is 0.480 e. The Balaban J connectivity index is 2.10. The fourth-order valence-corrected chi connectivity index (χ4v) is 2.21. The molecule has 0 bridgehead atoms. The van der Waals surface area contributed by atoms with Crippen LogP contribution in [0, 0.1) is 13.8 Å². The van der Waals surface area contributed by atoms with Crippen molar-refractivity contribution in [3.63, 3.8) is 0 Å². The smallest absolute Gasteiger partial charge is 0.323 e. The zero-order valence-corrected chi connectivity index (χ0v) is 11.3. The number of rotatable bonds is 5. The Morgan fingerprint density at radius 3 is 2.58 bits per heavy atom. The molecule has 1 N–H and O–H groups in total. The molecule has 1 saturated carbocycles. The second-order valence-corrected chi connectivity index (χ2v) is 5.25. The highest BCUT2D eigenvalue weighted by atomic mass is 16.4. The van der Waals surface area contributed by atoms with Crippen LogP contribution in [0.25, 0.3) is 0 Å². The summed E-state index contributed by atoms with van der Waals surface area (Å²) < 4.78 is 0. The molecular weight excluding hydrogens is 242 g/mol. The number of nitrogens with zero attached hydrogens (tertiary/aromatic N) is 1. The summed E-state index contributed by atoms with van der Waals surface area (Å²) in [6.07, 6.45) is 2.13. The Kier molecular flexibility index (Phi) is 3.88. The van der Waals surface area contributed by atoms with E-state index < -0.39 is 5.97 Å². The van der Waals surface area contributed by atoms with E-state index in [1.807, 2.05) is 32.0 Å². The molecular formula is C15H19NO3. The third-order valence-electron chi connectivity index (χ3n) is 3.46. The predicted molar refractivity (Wildman–Crippen MR) is 72.0 cm³/mol. The molecule has 2 rings (SSSR count). The van der Waals surface area contributed by atoms with E-state index in [2.05, 4.69) is 0 Å². The number of carbonyl (C=O) groups is 2. The molecule has 1 fully saturated rings. The molecule has 0 spiro atoms. The maximum atomic E-state index is 12.3. The summed E-state index contributed by atoms with van der Waals surface area (Å²) >= 11 is 0. The summed E-state index contributed by atoms with van der Waals surface area (Å²) in [5.74, 6) is -1.03. The Bertz CT molecular complexity index is 506. The SMILES string of the molecule is Cc1ccc(C)c(CC(=O)N(CC(=O)O)C2CC2)c1. The third-order valence-corrected chi connectivity index (χ3v) is 3.46. The minimum atomic E-state index is -0.943. The molecule has 0 saturated heterocycles. The van der Waals surface area contributed by atoms with Gasteiger partial charge in [0.15, 0.2) is 0 Å². The molecule has 0 radical (unpaired) electrons. The van der Waals surface area contributed by atoms with Crippen LogP contribution >= 0.6 is 0 Å². The van der Waals surface area contributed by atoms with Crippen molar-refractivity contribution >= 4 is 11.9 Å². The van der Waals surface area contributed by atoms with Crippen molar-refractivity contribution in [2.75, 3.05) is 6.54 Å². The lowest BCUT2D eigenvalue weighted by atomic mass is 10.0. The van der Waals surface area contributed by atoms with Gasteiger partial charge in [0.2, 0.25) is 5.91 Å². The first-order valence-electron chi connectivity index (χ1n) is 6.55. The average Bonchev–Trinajstić information content (AvgIpc) is 3.14. The molecule has 102 valence electrons. The highest BCUT2D eigenvalue weighted by molar-refractivity contribution is 5.83. The van der Waals surface area contributed by atoms with E-state index in [9.17, 15) is 9.59 Å². The molecule has 1 aromatic carbocycles. The Morgan fingerprint density at radius 1 is 1.32 bits per heavy atom. The maximum absolute atomic E-state index is 12.3. The van der Waals surface area contributed by atoms with Gasteiger partial charge in [-0.1, -0.05) is 23.8 Å². The van der Waals surface area contributed by atoms with Gasteiger partial charge in [0.1, 0.15) is 6.54 Å². The molecule has 19 heavy (non-hydrogen) atoms. The second kappa shape index (κ2) is 5.43. The fraction of sp³-hybridized carbons (Fsp3) is 0.467. The zero-order chi connectivity index (χ0) is 14.0. The van der Waals surface area contributed by atoms with Crippen LogP contribution in [0.15, 0.2) is 18.2 Å². The number of carboxylic acids is 1. The first-order valence-corrected chi connectivity index (χ1v) is 6.55. The standard InChI is InChI=1S/C15H19NO3/c1-10-3-4-11(2)12(7-10)8-14(17)16(9-15(18)19)13-5-6-13/h3-4,7,13H,5-6,8-9H2,1-2H3,(H,18,19). The lowest BCUT2D eigenvalue weighted by molar-refractivity contribution is -0.144. The highest BCUT2D eigenvalue weighted by Crippen LogP contribution is 2.27. The van der Waals surface area contributed by atoms with Gasteiger partial charge in [0.25, 0.3) is 0 Å². The van der Waals surface area contributed by atoms with E-state index in [0.717, 1.165) is 29.5 Å². The first kappa shape index (κ1) is 13.6. The van der Waals surface area contributed by atoms with Crippen molar-refractivity contribution in [3.05, 3.63) is 34.9 Å². The Labute approximate surface area is 113 Å². The van der Waals surface area contributed by atoms with Crippen LogP contribution in [0.5, 0.6) is 0 Å². The van der Waals surface area contributed by atoms with Gasteiger partial charge < -0.3 is 10.0 Å². The van der Waals surface area contributed by atoms with E-state index in [4.69, 9.17) is 5.11 Å². The van der Waals surface area contributed by atoms with E-state index in [1.54, 1.807) is 0 Å². The number of hydrogen-bond donors (Lipinski definition) is 1. The van der Waals surface area contributed by atoms with E-state index in [-0.39, 0.29) is 24.9 Å². The van der Waals surface area contributed by atoms with E-state index in [1.165, 1.54) is 4.90 Å². The predicted octanol–water partition coefficient (Wildman–Crippen LogP) is 1.92. The summed E-state index contributed by atoms with van der Waals surface area (Å²) in [7, 11) is 0. The molecule has 0 aromatic heterocycles. The van der Waals surface area contributed by atoms with Crippen LogP contribution in [-0.4, -0.2) is 34.5 Å². The molecule has 0 heterocycles. The van der Waals surface area contributed by atoms with Crippen molar-refractivity contribution < 1.29 is 14.7 Å². The molecule has 0 atom stereocenters. The van der Waals surface area contributed by atoms with Gasteiger partial charge in [-0.15, -0.1) is 0 Å². The topological polar surface area (TPSA) is 57.6 Å². The van der Waals surface area contributed by atoms with Crippen molar-refractivity contribution in [1.82, 2.24) is 4.90 Å². The molecule has 0 aliphatic heterocycles. The highest BCUT2D eigenvalue weighted by Gasteiger charge is 2.33. The van der Waals surface area contributed by atoms with Gasteiger partial charge >= 0.3 is 5.97 Å². The number of carbonyl (C=O) groups excluding carboxylic acids is 1. The van der Waals surface area contributed by atoms with Gasteiger partial charge in [-0.05, 0) is 37.8 Å². The van der Waals surface area contributed by atoms with Gasteiger partial charge in [-0.25, -0.2) is 0 Å². The zero-order valence-electron chi connectivity index (χ0n) is 11.3. The minimum absolute atomic E-state index is 0.0846. The second-order valence-electron chi connectivity index (χ2n) is 5.25. The molecule has 1 aliphatic carbocycles. The van der Waals surface area contributed by atoms with Crippen molar-refractivity contribution in [2.45, 2.75) is 39.2 Å². The van der Waals surface area contributed by atoms with Crippen LogP contribution in [0.1, 0.15) is 29.5 Å². The minimum Gasteiger partial charge on any atom is -0.480 e. The van der Waals surface area contributed by atoms with Crippen LogP contribution in [0.3, 0.4) is 0 Å². The van der Waals surface area contributed by atoms with Crippen LogP contribution in [0.4, 0.5) is 0 Å². The van der Waals surface area contributed by atoms with Crippen molar-refractivity contribution in [2.24, 2.45) is 0 Å². The number of carboxylic acid groups (broad SMARTS) is 1. The van der Waals surface area contributed by atoms with E-state index >= 15 is 0 Å². The normalized spacial score (nSPS) is 14.2. The average molecular weight is 261 g/mol. The Morgan fingerprint density at radius 2 is 2.00 bits per heavy atom. The van der Waals surface area contributed by atoms with Gasteiger partial charge in [-0.2, -0.15) is 0 Å². The van der Waals surface area contributed by atoms with Crippen molar-refractivity contribution in [3.8, 4) is 0 Å². The van der Waals surface area contributed by atoms with Crippen LogP contribution < -0.4 is 0 Å². The van der Waals surface area contributed by atoms with Crippen molar-refractivity contribution in [1.29, 1.82) is 0 Å². The number of aliphatic carboxylic acids is 1. The molecule has 1 aromatic rings. The quantitative estimate of drug-likeness (QED) is 0.881. The molecule has 4 nitrogen and oxygen atoms in total. The number of amides is 1. The lowest BCUT2D eigenvalue weighted by Gasteiger charge is -2.20. The molecule has 1 aliphatic rings. The molecule has 0 unspecified atom stereocenters. The lowest BCUT2D eigenvalue weighted by Crippen LogP contribution is -2.38. The van der Waals surface area contributed by atoms with Crippen LogP contribution in [0.2, 0.25) is 0 Å².